The van der Waals surface area contributed by atoms with Crippen molar-refractivity contribution in [2.75, 3.05) is 14.1 Å². The molecule has 0 saturated carbocycles. The van der Waals surface area contributed by atoms with Gasteiger partial charge in [-0.1, -0.05) is 47.5 Å². The van der Waals surface area contributed by atoms with Crippen molar-refractivity contribution < 1.29 is 13.2 Å². The molecule has 2 aromatic rings. The number of hydrogen-bond acceptors (Lipinski definition) is 3. The van der Waals surface area contributed by atoms with Gasteiger partial charge in [-0.2, -0.15) is 4.31 Å². The van der Waals surface area contributed by atoms with Crippen LogP contribution >= 0.6 is 0 Å². The fraction of sp³-hybridized carbons (Fsp3) is 0.316. The first kappa shape index (κ1) is 17.6. The summed E-state index contributed by atoms with van der Waals surface area (Å²) in [6.45, 7) is 3.88. The zero-order valence-electron chi connectivity index (χ0n) is 14.8. The maximum atomic E-state index is 13.0. The molecular weight excluding hydrogens is 336 g/mol. The summed E-state index contributed by atoms with van der Waals surface area (Å²) in [6.07, 6.45) is 0. The van der Waals surface area contributed by atoms with E-state index in [4.69, 9.17) is 0 Å². The third-order valence-electron chi connectivity index (χ3n) is 4.47. The Bertz CT molecular complexity index is 887. The zero-order valence-corrected chi connectivity index (χ0v) is 15.6. The summed E-state index contributed by atoms with van der Waals surface area (Å²) >= 11 is 0. The summed E-state index contributed by atoms with van der Waals surface area (Å²) in [4.78, 5) is 14.2. The lowest BCUT2D eigenvalue weighted by atomic mass is 10.1. The van der Waals surface area contributed by atoms with Crippen LogP contribution in [0, 0.1) is 13.8 Å². The second-order valence-corrected chi connectivity index (χ2v) is 8.52. The second kappa shape index (κ2) is 6.28. The number of carbonyl (C=O) groups excluding carboxylic acids is 1. The summed E-state index contributed by atoms with van der Waals surface area (Å²) in [5.41, 5.74) is 2.91. The largest absolute Gasteiger partial charge is 0.347 e. The van der Waals surface area contributed by atoms with Crippen LogP contribution in [-0.4, -0.2) is 43.7 Å². The van der Waals surface area contributed by atoms with Gasteiger partial charge in [-0.15, -0.1) is 0 Å². The number of benzene rings is 2. The summed E-state index contributed by atoms with van der Waals surface area (Å²) in [7, 11) is -0.447. The number of hydrogen-bond donors (Lipinski definition) is 0. The van der Waals surface area contributed by atoms with Gasteiger partial charge in [-0.25, -0.2) is 8.42 Å². The van der Waals surface area contributed by atoms with Crippen LogP contribution < -0.4 is 0 Å². The Hall–Kier alpha value is -2.18. The lowest BCUT2D eigenvalue weighted by Gasteiger charge is -2.10. The molecule has 1 aliphatic heterocycles. The fourth-order valence-corrected chi connectivity index (χ4v) is 4.65. The molecule has 0 N–H and O–H groups in total. The molecule has 6 heteroatoms. The third-order valence-corrected chi connectivity index (χ3v) is 6.34. The van der Waals surface area contributed by atoms with Crippen LogP contribution in [-0.2, 0) is 14.8 Å². The van der Waals surface area contributed by atoms with E-state index >= 15 is 0 Å². The minimum atomic E-state index is -3.73. The minimum Gasteiger partial charge on any atom is -0.347 e. The van der Waals surface area contributed by atoms with Crippen molar-refractivity contribution in [3.05, 3.63) is 65.2 Å². The smallest absolute Gasteiger partial charge is 0.244 e. The van der Waals surface area contributed by atoms with E-state index in [0.29, 0.717) is 0 Å². The predicted molar refractivity (Wildman–Crippen MR) is 96.6 cm³/mol. The molecule has 0 radical (unpaired) electrons. The monoisotopic (exact) mass is 358 g/mol. The first-order valence-electron chi connectivity index (χ1n) is 8.11. The average Bonchev–Trinajstić information content (AvgIpc) is 3.31. The first-order valence-corrected chi connectivity index (χ1v) is 9.55. The van der Waals surface area contributed by atoms with E-state index in [1.807, 2.05) is 38.1 Å². The maximum Gasteiger partial charge on any atom is 0.244 e. The van der Waals surface area contributed by atoms with Gasteiger partial charge in [0, 0.05) is 14.1 Å². The van der Waals surface area contributed by atoms with Gasteiger partial charge in [0.1, 0.15) is 6.04 Å². The van der Waals surface area contributed by atoms with Crippen LogP contribution in [0.25, 0.3) is 0 Å². The molecule has 0 bridgehead atoms. The van der Waals surface area contributed by atoms with Crippen molar-refractivity contribution in [2.24, 2.45) is 0 Å². The van der Waals surface area contributed by atoms with E-state index in [1.54, 1.807) is 38.4 Å². The number of rotatable bonds is 4. The Morgan fingerprint density at radius 1 is 0.920 bits per heavy atom. The van der Waals surface area contributed by atoms with Gasteiger partial charge in [0.2, 0.25) is 15.9 Å². The van der Waals surface area contributed by atoms with E-state index in [0.717, 1.165) is 16.7 Å². The quantitative estimate of drug-likeness (QED) is 0.789. The minimum absolute atomic E-state index is 0.207. The molecule has 1 heterocycles. The number of carbonyl (C=O) groups is 1. The molecule has 132 valence electrons. The van der Waals surface area contributed by atoms with Crippen molar-refractivity contribution >= 4 is 15.9 Å². The molecule has 2 aromatic carbocycles. The Labute approximate surface area is 148 Å². The predicted octanol–water partition coefficient (Wildman–Crippen LogP) is 2.51. The van der Waals surface area contributed by atoms with Gasteiger partial charge < -0.3 is 4.90 Å². The molecule has 0 spiro atoms. The van der Waals surface area contributed by atoms with Crippen molar-refractivity contribution in [3.8, 4) is 0 Å². The highest BCUT2D eigenvalue weighted by molar-refractivity contribution is 7.89. The van der Waals surface area contributed by atoms with Gasteiger partial charge in [-0.3, -0.25) is 4.79 Å². The van der Waals surface area contributed by atoms with Crippen molar-refractivity contribution in [2.45, 2.75) is 30.8 Å². The van der Waals surface area contributed by atoms with E-state index in [2.05, 4.69) is 0 Å². The molecule has 5 nitrogen and oxygen atoms in total. The highest BCUT2D eigenvalue weighted by Crippen LogP contribution is 2.48. The standard InChI is InChI=1S/C19H22N2O3S/c1-13-5-9-15(10-6-13)17-18(19(22)20(3)4)21(17)25(23,24)16-11-7-14(2)8-12-16/h5-12,17-18H,1-4H3/t17-,18+,21?/m1/s1. The first-order chi connectivity index (χ1) is 11.7. The van der Waals surface area contributed by atoms with Crippen molar-refractivity contribution in [1.29, 1.82) is 0 Å². The molecule has 1 amide bonds. The van der Waals surface area contributed by atoms with Gasteiger partial charge >= 0.3 is 0 Å². The van der Waals surface area contributed by atoms with Gasteiger partial charge in [0.15, 0.2) is 0 Å². The number of sulfonamides is 1. The number of likely N-dealkylation sites (N-methyl/N-ethyl adjacent to an activating group) is 1. The van der Waals surface area contributed by atoms with E-state index in [-0.39, 0.29) is 10.8 Å². The van der Waals surface area contributed by atoms with Gasteiger partial charge in [0.25, 0.3) is 0 Å². The van der Waals surface area contributed by atoms with Crippen molar-refractivity contribution in [3.63, 3.8) is 0 Å². The molecule has 1 fully saturated rings. The Kier molecular flexibility index (Phi) is 4.43. The highest BCUT2D eigenvalue weighted by Gasteiger charge is 2.60. The van der Waals surface area contributed by atoms with E-state index < -0.39 is 22.1 Å². The number of nitrogens with zero attached hydrogens (tertiary/aromatic N) is 2. The number of amides is 1. The van der Waals surface area contributed by atoms with E-state index in [1.165, 1.54) is 9.21 Å². The van der Waals surface area contributed by atoms with Crippen LogP contribution in [0.3, 0.4) is 0 Å². The van der Waals surface area contributed by atoms with Crippen LogP contribution in [0.5, 0.6) is 0 Å². The SMILES string of the molecule is Cc1ccc([C@@H]2[C@@H](C(=O)N(C)C)N2S(=O)(=O)c2ccc(C)cc2)cc1. The molecule has 1 saturated heterocycles. The van der Waals surface area contributed by atoms with Gasteiger partial charge in [0.05, 0.1) is 10.9 Å². The average molecular weight is 358 g/mol. The Balaban J connectivity index is 2.00. The molecular formula is C19H22N2O3S. The molecule has 1 unspecified atom stereocenters. The fourth-order valence-electron chi connectivity index (χ4n) is 2.94. The van der Waals surface area contributed by atoms with Gasteiger partial charge in [-0.05, 0) is 31.5 Å². The Morgan fingerprint density at radius 2 is 1.40 bits per heavy atom. The normalized spacial score (nSPS) is 22.5. The third kappa shape index (κ3) is 3.19. The lowest BCUT2D eigenvalue weighted by Crippen LogP contribution is -2.30. The van der Waals surface area contributed by atoms with Crippen LogP contribution in [0.1, 0.15) is 22.7 Å². The molecule has 25 heavy (non-hydrogen) atoms. The Morgan fingerprint density at radius 3 is 1.88 bits per heavy atom. The maximum absolute atomic E-state index is 13.0. The molecule has 1 aliphatic rings. The van der Waals surface area contributed by atoms with Crippen molar-refractivity contribution in [1.82, 2.24) is 9.21 Å². The summed E-state index contributed by atoms with van der Waals surface area (Å²) in [6, 6.07) is 13.2. The van der Waals surface area contributed by atoms with E-state index in [9.17, 15) is 13.2 Å². The zero-order chi connectivity index (χ0) is 18.4. The van der Waals surface area contributed by atoms with Crippen LogP contribution in [0.15, 0.2) is 53.4 Å². The topological polar surface area (TPSA) is 57.5 Å². The summed E-state index contributed by atoms with van der Waals surface area (Å²) in [5.74, 6) is -0.207. The molecule has 0 aliphatic carbocycles. The second-order valence-electron chi connectivity index (χ2n) is 6.68. The van der Waals surface area contributed by atoms with Crippen LogP contribution in [0.4, 0.5) is 0 Å². The summed E-state index contributed by atoms with van der Waals surface area (Å²) in [5, 5.41) is 0. The lowest BCUT2D eigenvalue weighted by molar-refractivity contribution is -0.128. The van der Waals surface area contributed by atoms with Crippen LogP contribution in [0.2, 0.25) is 0 Å². The number of aryl methyl sites for hydroxylation is 2. The highest BCUT2D eigenvalue weighted by atomic mass is 32.2. The molecule has 3 rings (SSSR count). The molecule has 3 atom stereocenters. The molecule has 0 aromatic heterocycles. The summed E-state index contributed by atoms with van der Waals surface area (Å²) < 4.78 is 27.4.